The number of carbonyl (C=O) groups excluding carboxylic acids is 1. The SMILES string of the molecule is C[NH+]1CCCN(C(=O)/C=C/c2cn(-c3ccccc3)nc2-c2ccc(Cl)cc2)CC1. The smallest absolute Gasteiger partial charge is 0.246 e. The minimum atomic E-state index is 0.0548. The average molecular weight is 422 g/mol. The van der Waals surface area contributed by atoms with Crippen molar-refractivity contribution < 1.29 is 9.69 Å². The first-order chi connectivity index (χ1) is 14.6. The molecular formula is C24H26ClN4O+. The minimum absolute atomic E-state index is 0.0548. The van der Waals surface area contributed by atoms with E-state index in [0.717, 1.165) is 55.1 Å². The van der Waals surface area contributed by atoms with Gasteiger partial charge in [0.25, 0.3) is 0 Å². The van der Waals surface area contributed by atoms with Crippen molar-refractivity contribution in [3.05, 3.63) is 77.5 Å². The normalized spacial score (nSPS) is 17.3. The molecule has 2 aromatic carbocycles. The van der Waals surface area contributed by atoms with Crippen LogP contribution in [0, 0.1) is 0 Å². The molecule has 1 saturated heterocycles. The highest BCUT2D eigenvalue weighted by atomic mass is 35.5. The molecule has 3 aromatic rings. The number of rotatable bonds is 4. The molecule has 1 aliphatic heterocycles. The third-order valence-corrected chi connectivity index (χ3v) is 5.69. The summed E-state index contributed by atoms with van der Waals surface area (Å²) in [5.74, 6) is 0.0548. The Labute approximate surface area is 182 Å². The van der Waals surface area contributed by atoms with E-state index >= 15 is 0 Å². The van der Waals surface area contributed by atoms with E-state index < -0.39 is 0 Å². The summed E-state index contributed by atoms with van der Waals surface area (Å²) in [6.45, 7) is 3.70. The van der Waals surface area contributed by atoms with Gasteiger partial charge in [0.2, 0.25) is 5.91 Å². The molecule has 1 aliphatic rings. The second-order valence-corrected chi connectivity index (χ2v) is 8.13. The van der Waals surface area contributed by atoms with Crippen LogP contribution in [-0.2, 0) is 4.79 Å². The molecule has 1 N–H and O–H groups in total. The first-order valence-electron chi connectivity index (χ1n) is 10.3. The van der Waals surface area contributed by atoms with Crippen LogP contribution in [0.3, 0.4) is 0 Å². The maximum Gasteiger partial charge on any atom is 0.246 e. The Morgan fingerprint density at radius 3 is 2.60 bits per heavy atom. The van der Waals surface area contributed by atoms with Crippen molar-refractivity contribution in [2.45, 2.75) is 6.42 Å². The second kappa shape index (κ2) is 9.28. The summed E-state index contributed by atoms with van der Waals surface area (Å²) in [6.07, 6.45) is 6.55. The van der Waals surface area contributed by atoms with Gasteiger partial charge in [-0.15, -0.1) is 0 Å². The van der Waals surface area contributed by atoms with Crippen LogP contribution >= 0.6 is 11.6 Å². The Balaban J connectivity index is 1.63. The quantitative estimate of drug-likeness (QED) is 0.658. The second-order valence-electron chi connectivity index (χ2n) is 7.69. The van der Waals surface area contributed by atoms with E-state index in [2.05, 4.69) is 7.05 Å². The number of likely N-dealkylation sites (N-methyl/N-ethyl adjacent to an activating group) is 1. The predicted octanol–water partition coefficient (Wildman–Crippen LogP) is 2.95. The average Bonchev–Trinajstić information content (AvgIpc) is 3.07. The maximum atomic E-state index is 12.8. The zero-order chi connectivity index (χ0) is 20.9. The van der Waals surface area contributed by atoms with Gasteiger partial charge in [-0.1, -0.05) is 41.9 Å². The van der Waals surface area contributed by atoms with Crippen LogP contribution in [0.25, 0.3) is 23.0 Å². The highest BCUT2D eigenvalue weighted by molar-refractivity contribution is 6.30. The molecule has 0 saturated carbocycles. The van der Waals surface area contributed by atoms with Crippen molar-refractivity contribution >= 4 is 23.6 Å². The fraction of sp³-hybridized carbons (Fsp3) is 0.250. The molecule has 6 heteroatoms. The van der Waals surface area contributed by atoms with Gasteiger partial charge in [-0.25, -0.2) is 4.68 Å². The molecule has 1 atom stereocenters. The summed E-state index contributed by atoms with van der Waals surface area (Å²) in [5.41, 5.74) is 3.64. The fourth-order valence-corrected chi connectivity index (χ4v) is 3.80. The number of nitrogens with zero attached hydrogens (tertiary/aromatic N) is 3. The van der Waals surface area contributed by atoms with Crippen LogP contribution in [0.15, 0.2) is 66.9 Å². The highest BCUT2D eigenvalue weighted by Gasteiger charge is 2.18. The molecule has 0 bridgehead atoms. The van der Waals surface area contributed by atoms with Crippen LogP contribution in [0.2, 0.25) is 5.02 Å². The zero-order valence-electron chi connectivity index (χ0n) is 17.1. The van der Waals surface area contributed by atoms with Gasteiger partial charge < -0.3 is 9.80 Å². The van der Waals surface area contributed by atoms with Gasteiger partial charge in [0.05, 0.1) is 38.1 Å². The molecule has 4 rings (SSSR count). The number of hydrogen-bond acceptors (Lipinski definition) is 2. The number of aromatic nitrogens is 2. The molecule has 30 heavy (non-hydrogen) atoms. The molecule has 1 aromatic heterocycles. The van der Waals surface area contributed by atoms with Gasteiger partial charge in [-0.3, -0.25) is 4.79 Å². The van der Waals surface area contributed by atoms with Gasteiger partial charge in [0.1, 0.15) is 0 Å². The lowest BCUT2D eigenvalue weighted by molar-refractivity contribution is -0.877. The summed E-state index contributed by atoms with van der Waals surface area (Å²) >= 11 is 6.06. The molecule has 5 nitrogen and oxygen atoms in total. The number of halogens is 1. The molecule has 1 fully saturated rings. The van der Waals surface area contributed by atoms with Gasteiger partial charge in [0.15, 0.2) is 0 Å². The highest BCUT2D eigenvalue weighted by Crippen LogP contribution is 2.26. The number of amides is 1. The van der Waals surface area contributed by atoms with Crippen molar-refractivity contribution in [1.29, 1.82) is 0 Å². The molecule has 0 radical (unpaired) electrons. The fourth-order valence-electron chi connectivity index (χ4n) is 3.68. The summed E-state index contributed by atoms with van der Waals surface area (Å²) in [7, 11) is 2.18. The lowest BCUT2D eigenvalue weighted by Crippen LogP contribution is -3.09. The summed E-state index contributed by atoms with van der Waals surface area (Å²) in [4.78, 5) is 16.2. The Bertz CT molecular complexity index is 1030. The van der Waals surface area contributed by atoms with Crippen molar-refractivity contribution in [3.8, 4) is 16.9 Å². The summed E-state index contributed by atoms with van der Waals surface area (Å²) in [5, 5.41) is 5.47. The number of hydrogen-bond donors (Lipinski definition) is 1. The van der Waals surface area contributed by atoms with Gasteiger partial charge >= 0.3 is 0 Å². The van der Waals surface area contributed by atoms with Crippen LogP contribution in [0.5, 0.6) is 0 Å². The molecule has 2 heterocycles. The van der Waals surface area contributed by atoms with Crippen molar-refractivity contribution in [2.24, 2.45) is 0 Å². The standard InChI is InChI=1S/C24H25ClN4O/c1-27-14-5-15-28(17-16-27)23(30)13-10-20-18-29(22-6-3-2-4-7-22)26-24(20)19-8-11-21(25)12-9-19/h2-4,6-13,18H,5,14-17H2,1H3/p+1/b13-10+. The Morgan fingerprint density at radius 2 is 1.83 bits per heavy atom. The molecule has 0 spiro atoms. The van der Waals surface area contributed by atoms with Crippen LogP contribution < -0.4 is 4.90 Å². The molecular weight excluding hydrogens is 396 g/mol. The number of para-hydroxylation sites is 1. The van der Waals surface area contributed by atoms with Crippen molar-refractivity contribution in [1.82, 2.24) is 14.7 Å². The van der Waals surface area contributed by atoms with Crippen LogP contribution in [0.4, 0.5) is 0 Å². The molecule has 1 amide bonds. The van der Waals surface area contributed by atoms with E-state index in [9.17, 15) is 4.79 Å². The monoisotopic (exact) mass is 421 g/mol. The Kier molecular flexibility index (Phi) is 6.31. The lowest BCUT2D eigenvalue weighted by Gasteiger charge is -2.17. The molecule has 0 aliphatic carbocycles. The van der Waals surface area contributed by atoms with E-state index in [1.807, 2.05) is 76.5 Å². The van der Waals surface area contributed by atoms with Crippen molar-refractivity contribution in [3.63, 3.8) is 0 Å². The largest absolute Gasteiger partial charge is 0.336 e. The molecule has 154 valence electrons. The number of nitrogens with one attached hydrogen (secondary N) is 1. The maximum absolute atomic E-state index is 12.8. The van der Waals surface area contributed by atoms with E-state index in [1.54, 1.807) is 6.08 Å². The Morgan fingerprint density at radius 1 is 1.07 bits per heavy atom. The van der Waals surface area contributed by atoms with Crippen LogP contribution in [-0.4, -0.2) is 53.8 Å². The summed E-state index contributed by atoms with van der Waals surface area (Å²) < 4.78 is 1.85. The minimum Gasteiger partial charge on any atom is -0.336 e. The van der Waals surface area contributed by atoms with Gasteiger partial charge in [0, 0.05) is 41.4 Å². The summed E-state index contributed by atoms with van der Waals surface area (Å²) in [6, 6.07) is 17.6. The van der Waals surface area contributed by atoms with E-state index in [-0.39, 0.29) is 5.91 Å². The lowest BCUT2D eigenvalue weighted by atomic mass is 10.1. The third kappa shape index (κ3) is 4.81. The van der Waals surface area contributed by atoms with E-state index in [0.29, 0.717) is 5.02 Å². The van der Waals surface area contributed by atoms with E-state index in [1.165, 1.54) is 4.90 Å². The predicted molar refractivity (Wildman–Crippen MR) is 121 cm³/mol. The number of quaternary nitrogens is 1. The number of benzene rings is 2. The van der Waals surface area contributed by atoms with E-state index in [4.69, 9.17) is 16.7 Å². The number of carbonyl (C=O) groups is 1. The first kappa shape index (κ1) is 20.4. The van der Waals surface area contributed by atoms with Crippen molar-refractivity contribution in [2.75, 3.05) is 33.2 Å². The van der Waals surface area contributed by atoms with Gasteiger partial charge in [-0.2, -0.15) is 5.10 Å². The zero-order valence-corrected chi connectivity index (χ0v) is 17.8. The van der Waals surface area contributed by atoms with Crippen LogP contribution in [0.1, 0.15) is 12.0 Å². The first-order valence-corrected chi connectivity index (χ1v) is 10.7. The molecule has 1 unspecified atom stereocenters. The third-order valence-electron chi connectivity index (χ3n) is 5.44. The topological polar surface area (TPSA) is 42.6 Å². The Hall–Kier alpha value is -2.89. The van der Waals surface area contributed by atoms with Gasteiger partial charge in [-0.05, 0) is 30.3 Å².